The number of nitrogens with zero attached hydrogens (tertiary/aromatic N) is 1. The van der Waals surface area contributed by atoms with Gasteiger partial charge >= 0.3 is 18.6 Å². The first-order chi connectivity index (χ1) is 20.1. The van der Waals surface area contributed by atoms with E-state index in [1.807, 2.05) is 0 Å². The Labute approximate surface area is 243 Å². The van der Waals surface area contributed by atoms with Crippen molar-refractivity contribution in [1.29, 1.82) is 0 Å². The summed E-state index contributed by atoms with van der Waals surface area (Å²) in [5.74, 6) is -3.70. The number of pyridine rings is 1. The van der Waals surface area contributed by atoms with Crippen molar-refractivity contribution in [3.8, 4) is 5.75 Å². The number of aromatic nitrogens is 1. The van der Waals surface area contributed by atoms with Crippen LogP contribution in [0.5, 0.6) is 5.75 Å². The Hall–Kier alpha value is -4.23. The topological polar surface area (TPSA) is 60.5 Å². The first kappa shape index (κ1) is 30.2. The molecule has 2 heterocycles. The zero-order valence-electron chi connectivity index (χ0n) is 21.4. The smallest absolute Gasteiger partial charge is 0.409 e. The second-order valence-electron chi connectivity index (χ2n) is 9.47. The normalized spacial score (nSPS) is 16.9. The number of ether oxygens (including phenoxy) is 2. The lowest BCUT2D eigenvalue weighted by Gasteiger charge is -2.37. The van der Waals surface area contributed by atoms with Gasteiger partial charge in [0, 0.05) is 18.2 Å². The molecule has 1 amide bonds. The summed E-state index contributed by atoms with van der Waals surface area (Å²) in [5.41, 5.74) is -5.05. The third-order valence-corrected chi connectivity index (χ3v) is 6.82. The van der Waals surface area contributed by atoms with Crippen LogP contribution < -0.4 is 10.1 Å². The lowest BCUT2D eigenvalue weighted by Crippen LogP contribution is -2.49. The van der Waals surface area contributed by atoms with Crippen molar-refractivity contribution in [1.82, 2.24) is 10.3 Å². The fraction of sp³-hybridized carbons (Fsp3) is 0.172. The first-order valence-electron chi connectivity index (χ1n) is 12.2. The molecular weight excluding hydrogens is 612 g/mol. The van der Waals surface area contributed by atoms with E-state index in [0.717, 1.165) is 24.3 Å². The van der Waals surface area contributed by atoms with Crippen LogP contribution in [-0.4, -0.2) is 17.2 Å². The molecule has 0 saturated carbocycles. The zero-order valence-corrected chi connectivity index (χ0v) is 22.1. The number of nitrogens with one attached hydrogen (secondary N) is 1. The predicted molar refractivity (Wildman–Crippen MR) is 136 cm³/mol. The molecule has 0 aliphatic carbocycles. The molecule has 4 aromatic rings. The second-order valence-corrected chi connectivity index (χ2v) is 9.91. The Kier molecular flexibility index (Phi) is 7.59. The van der Waals surface area contributed by atoms with Crippen molar-refractivity contribution in [2.24, 2.45) is 0 Å². The van der Waals surface area contributed by atoms with Gasteiger partial charge in [0.15, 0.2) is 0 Å². The highest BCUT2D eigenvalue weighted by Crippen LogP contribution is 2.48. The van der Waals surface area contributed by atoms with Gasteiger partial charge in [-0.3, -0.25) is 9.78 Å². The number of amides is 1. The molecule has 5 nitrogen and oxygen atoms in total. The summed E-state index contributed by atoms with van der Waals surface area (Å²) >= 11 is 6.01. The summed E-state index contributed by atoms with van der Waals surface area (Å²) in [7, 11) is 0. The highest BCUT2D eigenvalue weighted by molar-refractivity contribution is 6.30. The summed E-state index contributed by atoms with van der Waals surface area (Å²) in [6, 6.07) is 15.2. The van der Waals surface area contributed by atoms with Crippen molar-refractivity contribution in [3.05, 3.63) is 129 Å². The predicted octanol–water partition coefficient (Wildman–Crippen LogP) is 7.82. The molecule has 5 rings (SSSR count). The van der Waals surface area contributed by atoms with Gasteiger partial charge in [-0.05, 0) is 53.6 Å². The van der Waals surface area contributed by atoms with E-state index in [0.29, 0.717) is 17.7 Å². The van der Waals surface area contributed by atoms with E-state index >= 15 is 0 Å². The second kappa shape index (κ2) is 10.8. The molecule has 1 aliphatic heterocycles. The van der Waals surface area contributed by atoms with Crippen molar-refractivity contribution in [2.45, 2.75) is 30.5 Å². The van der Waals surface area contributed by atoms with Gasteiger partial charge in [0.1, 0.15) is 17.1 Å². The highest BCUT2D eigenvalue weighted by Gasteiger charge is 2.55. The van der Waals surface area contributed by atoms with E-state index < -0.39 is 58.3 Å². The molecule has 43 heavy (non-hydrogen) atoms. The van der Waals surface area contributed by atoms with Gasteiger partial charge in [-0.15, -0.1) is 8.78 Å². The van der Waals surface area contributed by atoms with Gasteiger partial charge in [-0.2, -0.15) is 22.0 Å². The standard InChI is InChI=1S/C29H17ClF8N2O3/c30-19-8-11-24(39-15-19)26(14-16-4-2-1-3-5-16,40-25(41)17-6-9-22(31)20(12-17)27(32,33)34)18-7-10-23-21(13-18)28(35,36)43-29(37,38)42-23/h1-13,15H,14H2,(H,40,41)/t26-/m1/s1. The van der Waals surface area contributed by atoms with Crippen molar-refractivity contribution < 1.29 is 49.4 Å². The average Bonchev–Trinajstić information content (AvgIpc) is 2.92. The molecule has 0 saturated heterocycles. The molecule has 14 heteroatoms. The summed E-state index contributed by atoms with van der Waals surface area (Å²) in [5, 5.41) is 2.74. The monoisotopic (exact) mass is 628 g/mol. The molecule has 1 aliphatic rings. The number of benzene rings is 3. The minimum atomic E-state index is -5.13. The molecule has 1 aromatic heterocycles. The Morgan fingerprint density at radius 3 is 2.30 bits per heavy atom. The van der Waals surface area contributed by atoms with E-state index in [1.165, 1.54) is 18.3 Å². The Morgan fingerprint density at radius 1 is 0.930 bits per heavy atom. The lowest BCUT2D eigenvalue weighted by atomic mass is 9.79. The van der Waals surface area contributed by atoms with Crippen LogP contribution in [0.4, 0.5) is 35.1 Å². The van der Waals surface area contributed by atoms with Crippen molar-refractivity contribution in [2.75, 3.05) is 0 Å². The van der Waals surface area contributed by atoms with Crippen LogP contribution >= 0.6 is 11.6 Å². The van der Waals surface area contributed by atoms with E-state index in [-0.39, 0.29) is 22.7 Å². The zero-order chi connectivity index (χ0) is 31.2. The fourth-order valence-corrected chi connectivity index (χ4v) is 4.78. The SMILES string of the molecule is O=C(N[C@](Cc1ccccc1)(c1ccc2c(c1)C(F)(F)OC(F)(F)O2)c1ccc(Cl)cn1)c1ccc(F)c(C(F)(F)F)c1. The van der Waals surface area contributed by atoms with Crippen LogP contribution in [-0.2, 0) is 29.0 Å². The Morgan fingerprint density at radius 2 is 1.65 bits per heavy atom. The third kappa shape index (κ3) is 6.13. The van der Waals surface area contributed by atoms with E-state index in [1.54, 1.807) is 30.3 Å². The van der Waals surface area contributed by atoms with Crippen LogP contribution in [0.1, 0.15) is 38.3 Å². The summed E-state index contributed by atoms with van der Waals surface area (Å²) in [6.07, 6.45) is -13.4. The van der Waals surface area contributed by atoms with E-state index in [2.05, 4.69) is 19.8 Å². The number of halogens is 9. The number of rotatable bonds is 6. The van der Waals surface area contributed by atoms with Gasteiger partial charge < -0.3 is 10.1 Å². The molecule has 0 fully saturated rings. The van der Waals surface area contributed by atoms with Gasteiger partial charge in [0.05, 0.1) is 21.8 Å². The third-order valence-electron chi connectivity index (χ3n) is 6.60. The van der Waals surface area contributed by atoms with E-state index in [4.69, 9.17) is 11.6 Å². The van der Waals surface area contributed by atoms with Gasteiger partial charge in [0.2, 0.25) is 0 Å². The molecule has 0 bridgehead atoms. The Balaban J connectivity index is 1.73. The van der Waals surface area contributed by atoms with Crippen LogP contribution in [0, 0.1) is 5.82 Å². The maximum absolute atomic E-state index is 14.8. The highest BCUT2D eigenvalue weighted by atomic mass is 35.5. The molecule has 1 N–H and O–H groups in total. The number of hydrogen-bond donors (Lipinski definition) is 1. The van der Waals surface area contributed by atoms with Crippen LogP contribution in [0.2, 0.25) is 5.02 Å². The lowest BCUT2D eigenvalue weighted by molar-refractivity contribution is -0.461. The number of fused-ring (bicyclic) bond motifs is 1. The summed E-state index contributed by atoms with van der Waals surface area (Å²) in [6.45, 7) is 0. The maximum atomic E-state index is 14.8. The molecule has 1 atom stereocenters. The number of carbonyl (C=O) groups is 1. The quantitative estimate of drug-likeness (QED) is 0.221. The van der Waals surface area contributed by atoms with Gasteiger partial charge in [0.25, 0.3) is 5.91 Å². The number of alkyl halides is 7. The minimum Gasteiger partial charge on any atom is -0.409 e. The minimum absolute atomic E-state index is 0.0153. The first-order valence-corrected chi connectivity index (χ1v) is 12.6. The van der Waals surface area contributed by atoms with Crippen LogP contribution in [0.25, 0.3) is 0 Å². The van der Waals surface area contributed by atoms with Crippen molar-refractivity contribution >= 4 is 17.5 Å². The average molecular weight is 629 g/mol. The largest absolute Gasteiger partial charge is 0.540 e. The molecule has 0 unspecified atom stereocenters. The molecule has 0 radical (unpaired) electrons. The summed E-state index contributed by atoms with van der Waals surface area (Å²) in [4.78, 5) is 17.9. The number of hydrogen-bond acceptors (Lipinski definition) is 4. The van der Waals surface area contributed by atoms with Gasteiger partial charge in [-0.25, -0.2) is 9.13 Å². The van der Waals surface area contributed by atoms with Crippen LogP contribution in [0.15, 0.2) is 85.1 Å². The molecule has 0 spiro atoms. The van der Waals surface area contributed by atoms with E-state index in [9.17, 15) is 39.9 Å². The van der Waals surface area contributed by atoms with Gasteiger partial charge in [-0.1, -0.05) is 48.0 Å². The fourth-order valence-electron chi connectivity index (χ4n) is 4.67. The number of carbonyl (C=O) groups excluding carboxylic acids is 1. The molecular formula is C29H17ClF8N2O3. The van der Waals surface area contributed by atoms with Crippen molar-refractivity contribution in [3.63, 3.8) is 0 Å². The maximum Gasteiger partial charge on any atom is 0.540 e. The molecule has 3 aromatic carbocycles. The summed E-state index contributed by atoms with van der Waals surface area (Å²) < 4.78 is 119. The van der Waals surface area contributed by atoms with Crippen LogP contribution in [0.3, 0.4) is 0 Å². The molecule has 224 valence electrons. The Bertz CT molecular complexity index is 1670.